The van der Waals surface area contributed by atoms with Gasteiger partial charge in [0, 0.05) is 44.1 Å². The van der Waals surface area contributed by atoms with Gasteiger partial charge in [-0.15, -0.1) is 0 Å². The number of anilines is 1. The van der Waals surface area contributed by atoms with E-state index in [9.17, 15) is 5.11 Å². The van der Waals surface area contributed by atoms with E-state index < -0.39 is 5.60 Å². The Hall–Kier alpha value is -2.76. The number of aliphatic hydroxyl groups is 1. The van der Waals surface area contributed by atoms with E-state index in [0.29, 0.717) is 19.0 Å². The summed E-state index contributed by atoms with van der Waals surface area (Å²) in [6, 6.07) is 20.1. The summed E-state index contributed by atoms with van der Waals surface area (Å²) < 4.78 is 0. The molecule has 4 rings (SSSR count). The Bertz CT molecular complexity index is 855. The molecule has 138 valence electrons. The topological polar surface area (TPSA) is 61.3 Å². The minimum Gasteiger partial charge on any atom is -0.384 e. The zero-order chi connectivity index (χ0) is 18.5. The largest absolute Gasteiger partial charge is 0.384 e. The molecular weight excluding hydrogens is 336 g/mol. The molecule has 5 heteroatoms. The SMILES string of the molecule is OC1(c2ccccc2)CCN(Cc2cnc(NCc3ccccc3)nc2)C1. The van der Waals surface area contributed by atoms with Crippen LogP contribution in [0.1, 0.15) is 23.1 Å². The van der Waals surface area contributed by atoms with Crippen LogP contribution in [0, 0.1) is 0 Å². The minimum atomic E-state index is -0.765. The van der Waals surface area contributed by atoms with Crippen molar-refractivity contribution in [1.29, 1.82) is 0 Å². The number of nitrogens with one attached hydrogen (secondary N) is 1. The predicted octanol–water partition coefficient (Wildman–Crippen LogP) is 3.18. The van der Waals surface area contributed by atoms with Crippen LogP contribution in [0.25, 0.3) is 0 Å². The number of aromatic nitrogens is 2. The van der Waals surface area contributed by atoms with E-state index in [1.54, 1.807) is 0 Å². The summed E-state index contributed by atoms with van der Waals surface area (Å²) in [5.41, 5.74) is 2.48. The van der Waals surface area contributed by atoms with Gasteiger partial charge in [0.1, 0.15) is 5.60 Å². The monoisotopic (exact) mass is 360 g/mol. The summed E-state index contributed by atoms with van der Waals surface area (Å²) in [7, 11) is 0. The van der Waals surface area contributed by atoms with Gasteiger partial charge in [-0.3, -0.25) is 4.90 Å². The Morgan fingerprint density at radius 3 is 2.30 bits per heavy atom. The van der Waals surface area contributed by atoms with Crippen molar-refractivity contribution >= 4 is 5.95 Å². The Morgan fingerprint density at radius 2 is 1.59 bits per heavy atom. The van der Waals surface area contributed by atoms with Gasteiger partial charge in [-0.05, 0) is 17.5 Å². The molecule has 2 aromatic carbocycles. The van der Waals surface area contributed by atoms with Crippen LogP contribution in [0.15, 0.2) is 73.1 Å². The normalized spacial score (nSPS) is 19.9. The van der Waals surface area contributed by atoms with Crippen molar-refractivity contribution in [3.05, 3.63) is 89.7 Å². The van der Waals surface area contributed by atoms with E-state index in [-0.39, 0.29) is 0 Å². The number of rotatable bonds is 6. The highest BCUT2D eigenvalue weighted by Gasteiger charge is 2.37. The summed E-state index contributed by atoms with van der Waals surface area (Å²) in [4.78, 5) is 11.1. The number of β-amino-alcohol motifs (C(OH)–C–C–N with tert-alkyl or cyclic N) is 1. The van der Waals surface area contributed by atoms with Gasteiger partial charge in [0.2, 0.25) is 5.95 Å². The Morgan fingerprint density at radius 1 is 0.926 bits per heavy atom. The minimum absolute atomic E-state index is 0.629. The van der Waals surface area contributed by atoms with Crippen molar-refractivity contribution in [3.8, 4) is 0 Å². The second-order valence-corrected chi connectivity index (χ2v) is 7.11. The average Bonchev–Trinajstić information content (AvgIpc) is 3.11. The summed E-state index contributed by atoms with van der Waals surface area (Å²) in [6.45, 7) is 2.94. The molecule has 0 spiro atoms. The third kappa shape index (κ3) is 4.32. The van der Waals surface area contributed by atoms with Crippen LogP contribution in [0.5, 0.6) is 0 Å². The Kier molecular flexibility index (Phi) is 5.14. The van der Waals surface area contributed by atoms with Gasteiger partial charge in [0.05, 0.1) is 0 Å². The van der Waals surface area contributed by atoms with Crippen molar-refractivity contribution < 1.29 is 5.11 Å². The van der Waals surface area contributed by atoms with Crippen LogP contribution in [-0.2, 0) is 18.7 Å². The first-order valence-corrected chi connectivity index (χ1v) is 9.30. The van der Waals surface area contributed by atoms with Crippen molar-refractivity contribution in [1.82, 2.24) is 14.9 Å². The molecule has 1 aromatic heterocycles. The highest BCUT2D eigenvalue weighted by molar-refractivity contribution is 5.28. The number of nitrogens with zero attached hydrogens (tertiary/aromatic N) is 3. The molecule has 2 N–H and O–H groups in total. The first kappa shape index (κ1) is 17.6. The molecule has 0 saturated carbocycles. The van der Waals surface area contributed by atoms with E-state index >= 15 is 0 Å². The standard InChI is InChI=1S/C22H24N4O/c27-22(20-9-5-2-6-10-20)11-12-26(17-22)16-19-14-24-21(25-15-19)23-13-18-7-3-1-4-8-18/h1-10,14-15,27H,11-13,16-17H2,(H,23,24,25). The van der Waals surface area contributed by atoms with Crippen LogP contribution >= 0.6 is 0 Å². The highest BCUT2D eigenvalue weighted by Crippen LogP contribution is 2.32. The molecule has 1 aliphatic rings. The molecule has 1 unspecified atom stereocenters. The van der Waals surface area contributed by atoms with Crippen LogP contribution < -0.4 is 5.32 Å². The molecule has 0 radical (unpaired) electrons. The van der Waals surface area contributed by atoms with E-state index in [1.165, 1.54) is 5.56 Å². The lowest BCUT2D eigenvalue weighted by Gasteiger charge is -2.24. The molecule has 1 atom stereocenters. The second kappa shape index (κ2) is 7.86. The molecule has 5 nitrogen and oxygen atoms in total. The van der Waals surface area contributed by atoms with Crippen molar-refractivity contribution in [3.63, 3.8) is 0 Å². The molecule has 3 aromatic rings. The Labute approximate surface area is 159 Å². The highest BCUT2D eigenvalue weighted by atomic mass is 16.3. The van der Waals surface area contributed by atoms with Crippen LogP contribution in [0.4, 0.5) is 5.95 Å². The predicted molar refractivity (Wildman–Crippen MR) is 106 cm³/mol. The van der Waals surface area contributed by atoms with Crippen molar-refractivity contribution in [2.24, 2.45) is 0 Å². The quantitative estimate of drug-likeness (QED) is 0.707. The first-order chi connectivity index (χ1) is 13.2. The lowest BCUT2D eigenvalue weighted by atomic mass is 9.93. The van der Waals surface area contributed by atoms with Gasteiger partial charge in [0.25, 0.3) is 0 Å². The first-order valence-electron chi connectivity index (χ1n) is 9.30. The van der Waals surface area contributed by atoms with E-state index in [4.69, 9.17) is 0 Å². The maximum absolute atomic E-state index is 11.0. The maximum atomic E-state index is 11.0. The van der Waals surface area contributed by atoms with Gasteiger partial charge < -0.3 is 10.4 Å². The number of benzene rings is 2. The summed E-state index contributed by atoms with van der Waals surface area (Å²) >= 11 is 0. The van der Waals surface area contributed by atoms with Gasteiger partial charge >= 0.3 is 0 Å². The Balaban J connectivity index is 1.32. The fourth-order valence-electron chi connectivity index (χ4n) is 3.55. The number of hydrogen-bond acceptors (Lipinski definition) is 5. The van der Waals surface area contributed by atoms with Crippen molar-refractivity contribution in [2.75, 3.05) is 18.4 Å². The molecule has 2 heterocycles. The smallest absolute Gasteiger partial charge is 0.222 e. The summed E-state index contributed by atoms with van der Waals surface area (Å²) in [5, 5.41) is 14.2. The molecule has 0 amide bonds. The number of likely N-dealkylation sites (tertiary alicyclic amines) is 1. The average molecular weight is 360 g/mol. The third-order valence-corrected chi connectivity index (χ3v) is 5.04. The zero-order valence-electron chi connectivity index (χ0n) is 15.3. The summed E-state index contributed by atoms with van der Waals surface area (Å²) in [6.07, 6.45) is 4.47. The molecule has 27 heavy (non-hydrogen) atoms. The van der Waals surface area contributed by atoms with Crippen LogP contribution in [0.3, 0.4) is 0 Å². The third-order valence-electron chi connectivity index (χ3n) is 5.04. The van der Waals surface area contributed by atoms with Gasteiger partial charge in [-0.2, -0.15) is 0 Å². The van der Waals surface area contributed by atoms with Gasteiger partial charge in [-0.1, -0.05) is 60.7 Å². The van der Waals surface area contributed by atoms with E-state index in [1.807, 2.05) is 60.9 Å². The van der Waals surface area contributed by atoms with Crippen LogP contribution in [-0.4, -0.2) is 33.1 Å². The number of hydrogen-bond donors (Lipinski definition) is 2. The molecule has 0 aliphatic carbocycles. The second-order valence-electron chi connectivity index (χ2n) is 7.11. The fourth-order valence-corrected chi connectivity index (χ4v) is 3.55. The molecule has 0 bridgehead atoms. The molecule has 1 fully saturated rings. The van der Waals surface area contributed by atoms with E-state index in [2.05, 4.69) is 32.3 Å². The van der Waals surface area contributed by atoms with Gasteiger partial charge in [-0.25, -0.2) is 9.97 Å². The lowest BCUT2D eigenvalue weighted by molar-refractivity contribution is 0.0453. The lowest BCUT2D eigenvalue weighted by Crippen LogP contribution is -2.30. The molecule has 1 aliphatic heterocycles. The zero-order valence-corrected chi connectivity index (χ0v) is 15.3. The van der Waals surface area contributed by atoms with E-state index in [0.717, 1.165) is 30.6 Å². The molecular formula is C22H24N4O. The van der Waals surface area contributed by atoms with Crippen LogP contribution in [0.2, 0.25) is 0 Å². The maximum Gasteiger partial charge on any atom is 0.222 e. The summed E-state index contributed by atoms with van der Waals surface area (Å²) in [5.74, 6) is 0.629. The van der Waals surface area contributed by atoms with Crippen molar-refractivity contribution in [2.45, 2.75) is 25.1 Å². The fraction of sp³-hybridized carbons (Fsp3) is 0.273. The molecule has 1 saturated heterocycles. The van der Waals surface area contributed by atoms with Gasteiger partial charge in [0.15, 0.2) is 0 Å².